The monoisotopic (exact) mass is 256 g/mol. The van der Waals surface area contributed by atoms with E-state index in [1.165, 1.54) is 11.3 Å². The quantitative estimate of drug-likeness (QED) is 0.811. The molecule has 0 bridgehead atoms. The summed E-state index contributed by atoms with van der Waals surface area (Å²) in [6.45, 7) is 3.03. The Balaban J connectivity index is 1.77. The molecule has 0 aromatic carbocycles. The van der Waals surface area contributed by atoms with Crippen molar-refractivity contribution < 1.29 is 9.53 Å². The molecule has 0 aliphatic carbocycles. The predicted molar refractivity (Wildman–Crippen MR) is 64.6 cm³/mol. The number of hydrogen-bond donors (Lipinski definition) is 2. The SMILES string of the molecule is C[C@]1(C(=O)NCCc2nnc(N)s2)CCCO1. The Morgan fingerprint density at radius 3 is 3.06 bits per heavy atom. The van der Waals surface area contributed by atoms with Gasteiger partial charge in [0.25, 0.3) is 5.91 Å². The number of nitrogens with one attached hydrogen (secondary N) is 1. The maximum absolute atomic E-state index is 11.9. The average Bonchev–Trinajstić information content (AvgIpc) is 2.89. The Kier molecular flexibility index (Phi) is 3.58. The summed E-state index contributed by atoms with van der Waals surface area (Å²) in [5, 5.41) is 11.7. The molecule has 1 fully saturated rings. The van der Waals surface area contributed by atoms with Crippen molar-refractivity contribution in [2.24, 2.45) is 0 Å². The summed E-state index contributed by atoms with van der Waals surface area (Å²) in [5.74, 6) is -0.0486. The Morgan fingerprint density at radius 2 is 2.47 bits per heavy atom. The normalized spacial score (nSPS) is 23.8. The molecule has 0 radical (unpaired) electrons. The smallest absolute Gasteiger partial charge is 0.251 e. The van der Waals surface area contributed by atoms with Gasteiger partial charge in [-0.1, -0.05) is 11.3 Å². The molecular weight excluding hydrogens is 240 g/mol. The second kappa shape index (κ2) is 4.97. The van der Waals surface area contributed by atoms with E-state index in [4.69, 9.17) is 10.5 Å². The average molecular weight is 256 g/mol. The first-order chi connectivity index (χ1) is 8.10. The van der Waals surface area contributed by atoms with Gasteiger partial charge in [0, 0.05) is 19.6 Å². The lowest BCUT2D eigenvalue weighted by molar-refractivity contribution is -0.139. The van der Waals surface area contributed by atoms with Crippen molar-refractivity contribution in [2.45, 2.75) is 31.8 Å². The molecule has 1 aromatic rings. The van der Waals surface area contributed by atoms with Crippen LogP contribution in [0.15, 0.2) is 0 Å². The van der Waals surface area contributed by atoms with Crippen LogP contribution in [0.3, 0.4) is 0 Å². The van der Waals surface area contributed by atoms with Crippen LogP contribution in [-0.4, -0.2) is 34.9 Å². The molecule has 6 nitrogen and oxygen atoms in total. The molecule has 1 saturated heterocycles. The Hall–Kier alpha value is -1.21. The number of carbonyl (C=O) groups excluding carboxylic acids is 1. The summed E-state index contributed by atoms with van der Waals surface area (Å²) in [4.78, 5) is 11.9. The summed E-state index contributed by atoms with van der Waals surface area (Å²) in [7, 11) is 0. The molecule has 2 heterocycles. The maximum Gasteiger partial charge on any atom is 0.251 e. The zero-order valence-electron chi connectivity index (χ0n) is 9.73. The summed E-state index contributed by atoms with van der Waals surface area (Å²) in [6, 6.07) is 0. The van der Waals surface area contributed by atoms with E-state index in [1.807, 2.05) is 6.92 Å². The molecule has 2 rings (SSSR count). The highest BCUT2D eigenvalue weighted by Gasteiger charge is 2.37. The fraction of sp³-hybridized carbons (Fsp3) is 0.700. The van der Waals surface area contributed by atoms with Crippen molar-refractivity contribution in [3.05, 3.63) is 5.01 Å². The third-order valence-electron chi connectivity index (χ3n) is 2.81. The lowest BCUT2D eigenvalue weighted by atomic mass is 10.0. The fourth-order valence-corrected chi connectivity index (χ4v) is 2.40. The van der Waals surface area contributed by atoms with E-state index in [1.54, 1.807) is 0 Å². The molecule has 94 valence electrons. The Labute approximate surface area is 104 Å². The first kappa shape index (κ1) is 12.3. The van der Waals surface area contributed by atoms with Crippen LogP contribution in [0.5, 0.6) is 0 Å². The Bertz CT molecular complexity index is 401. The van der Waals surface area contributed by atoms with Crippen LogP contribution in [0.25, 0.3) is 0 Å². The van der Waals surface area contributed by atoms with Gasteiger partial charge in [-0.25, -0.2) is 0 Å². The molecular formula is C10H16N4O2S. The number of nitrogen functional groups attached to an aromatic ring is 1. The largest absolute Gasteiger partial charge is 0.374 e. The molecule has 1 aliphatic heterocycles. The molecule has 1 atom stereocenters. The topological polar surface area (TPSA) is 90.1 Å². The van der Waals surface area contributed by atoms with Gasteiger partial charge in [0.1, 0.15) is 10.6 Å². The van der Waals surface area contributed by atoms with Crippen molar-refractivity contribution in [3.8, 4) is 0 Å². The van der Waals surface area contributed by atoms with Crippen molar-refractivity contribution in [1.29, 1.82) is 0 Å². The molecule has 0 saturated carbocycles. The predicted octanol–water partition coefficient (Wildman–Crippen LogP) is 0.348. The number of nitrogens with two attached hydrogens (primary N) is 1. The number of amides is 1. The number of aromatic nitrogens is 2. The minimum Gasteiger partial charge on any atom is -0.374 e. The van der Waals surface area contributed by atoms with Gasteiger partial charge >= 0.3 is 0 Å². The fourth-order valence-electron chi connectivity index (χ4n) is 1.80. The number of nitrogens with zero attached hydrogens (tertiary/aromatic N) is 2. The van der Waals surface area contributed by atoms with E-state index >= 15 is 0 Å². The van der Waals surface area contributed by atoms with E-state index in [-0.39, 0.29) is 5.91 Å². The number of carbonyl (C=O) groups is 1. The summed E-state index contributed by atoms with van der Waals surface area (Å²) >= 11 is 1.34. The van der Waals surface area contributed by atoms with E-state index in [2.05, 4.69) is 15.5 Å². The van der Waals surface area contributed by atoms with Crippen molar-refractivity contribution in [2.75, 3.05) is 18.9 Å². The minimum absolute atomic E-state index is 0.0486. The number of ether oxygens (including phenoxy) is 1. The third kappa shape index (κ3) is 2.92. The van der Waals surface area contributed by atoms with Gasteiger partial charge in [-0.2, -0.15) is 0 Å². The highest BCUT2D eigenvalue weighted by molar-refractivity contribution is 7.15. The lowest BCUT2D eigenvalue weighted by Crippen LogP contribution is -2.44. The highest BCUT2D eigenvalue weighted by Crippen LogP contribution is 2.24. The van der Waals surface area contributed by atoms with Crippen LogP contribution in [-0.2, 0) is 16.0 Å². The van der Waals surface area contributed by atoms with Gasteiger partial charge in [-0.3, -0.25) is 4.79 Å². The number of hydrogen-bond acceptors (Lipinski definition) is 6. The first-order valence-electron chi connectivity index (χ1n) is 5.60. The van der Waals surface area contributed by atoms with Crippen molar-refractivity contribution in [3.63, 3.8) is 0 Å². The second-order valence-electron chi connectivity index (χ2n) is 4.22. The van der Waals surface area contributed by atoms with Crippen molar-refractivity contribution in [1.82, 2.24) is 15.5 Å². The molecule has 3 N–H and O–H groups in total. The van der Waals surface area contributed by atoms with Gasteiger partial charge in [-0.05, 0) is 19.8 Å². The van der Waals surface area contributed by atoms with Crippen LogP contribution < -0.4 is 11.1 Å². The van der Waals surface area contributed by atoms with Crippen LogP contribution in [0.1, 0.15) is 24.8 Å². The van der Waals surface area contributed by atoms with Crippen molar-refractivity contribution >= 4 is 22.4 Å². The number of rotatable bonds is 4. The molecule has 0 spiro atoms. The van der Waals surface area contributed by atoms with E-state index in [0.29, 0.717) is 24.7 Å². The summed E-state index contributed by atoms with van der Waals surface area (Å²) < 4.78 is 5.45. The van der Waals surface area contributed by atoms with Gasteiger partial charge < -0.3 is 15.8 Å². The molecule has 1 amide bonds. The first-order valence-corrected chi connectivity index (χ1v) is 6.42. The summed E-state index contributed by atoms with van der Waals surface area (Å²) in [6.07, 6.45) is 2.37. The molecule has 0 unspecified atom stereocenters. The van der Waals surface area contributed by atoms with E-state index < -0.39 is 5.60 Å². The van der Waals surface area contributed by atoms with Gasteiger partial charge in [-0.15, -0.1) is 10.2 Å². The Morgan fingerprint density at radius 1 is 1.65 bits per heavy atom. The van der Waals surface area contributed by atoms with Crippen LogP contribution in [0, 0.1) is 0 Å². The van der Waals surface area contributed by atoms with E-state index in [9.17, 15) is 4.79 Å². The van der Waals surface area contributed by atoms with Crippen LogP contribution in [0.4, 0.5) is 5.13 Å². The standard InChI is InChI=1S/C10H16N4O2S/c1-10(4-2-6-16-10)8(15)12-5-3-7-13-14-9(11)17-7/h2-6H2,1H3,(H2,11,14)(H,12,15)/t10-/m1/s1. The number of anilines is 1. The van der Waals surface area contributed by atoms with Crippen LogP contribution >= 0.6 is 11.3 Å². The maximum atomic E-state index is 11.9. The summed E-state index contributed by atoms with van der Waals surface area (Å²) in [5.41, 5.74) is 4.82. The molecule has 17 heavy (non-hydrogen) atoms. The molecule has 1 aromatic heterocycles. The van der Waals surface area contributed by atoms with E-state index in [0.717, 1.165) is 17.8 Å². The van der Waals surface area contributed by atoms with Gasteiger partial charge in [0.15, 0.2) is 0 Å². The zero-order chi connectivity index (χ0) is 12.3. The third-order valence-corrected chi connectivity index (χ3v) is 3.62. The molecule has 1 aliphatic rings. The van der Waals surface area contributed by atoms with Crippen LogP contribution in [0.2, 0.25) is 0 Å². The highest BCUT2D eigenvalue weighted by atomic mass is 32.1. The van der Waals surface area contributed by atoms with Gasteiger partial charge in [0.05, 0.1) is 0 Å². The zero-order valence-corrected chi connectivity index (χ0v) is 10.5. The van der Waals surface area contributed by atoms with Gasteiger partial charge in [0.2, 0.25) is 5.13 Å². The lowest BCUT2D eigenvalue weighted by Gasteiger charge is -2.21. The molecule has 7 heteroatoms. The second-order valence-corrected chi connectivity index (χ2v) is 5.32. The minimum atomic E-state index is -0.653.